The van der Waals surface area contributed by atoms with Crippen LogP contribution in [0.5, 0.6) is 0 Å². The predicted molar refractivity (Wildman–Crippen MR) is 112 cm³/mol. The van der Waals surface area contributed by atoms with Gasteiger partial charge in [0.25, 0.3) is 5.91 Å². The number of carbonyl (C=O) groups is 1. The Kier molecular flexibility index (Phi) is 5.44. The number of rotatable bonds is 6. The first kappa shape index (κ1) is 18.7. The second-order valence-corrected chi connectivity index (χ2v) is 7.57. The molecule has 0 N–H and O–H groups in total. The Morgan fingerprint density at radius 2 is 1.86 bits per heavy atom. The molecule has 1 aliphatic rings. The predicted octanol–water partition coefficient (Wildman–Crippen LogP) is 5.38. The van der Waals surface area contributed by atoms with Crippen LogP contribution in [0.3, 0.4) is 0 Å². The third-order valence-electron chi connectivity index (χ3n) is 5.19. The highest BCUT2D eigenvalue weighted by Gasteiger charge is 2.33. The van der Waals surface area contributed by atoms with Gasteiger partial charge in [-0.3, -0.25) is 14.5 Å². The van der Waals surface area contributed by atoms with Crippen molar-refractivity contribution in [2.24, 2.45) is 0 Å². The minimum Gasteiger partial charge on any atom is -0.305 e. The van der Waals surface area contributed by atoms with Gasteiger partial charge in [-0.1, -0.05) is 49.9 Å². The van der Waals surface area contributed by atoms with Gasteiger partial charge in [-0.25, -0.2) is 0 Å². The first-order chi connectivity index (χ1) is 13.7. The van der Waals surface area contributed by atoms with E-state index in [1.165, 1.54) is 12.8 Å². The van der Waals surface area contributed by atoms with Crippen LogP contribution < -0.4 is 4.90 Å². The summed E-state index contributed by atoms with van der Waals surface area (Å²) in [6.07, 6.45) is 7.91. The summed E-state index contributed by atoms with van der Waals surface area (Å²) in [4.78, 5) is 19.1. The number of hydrogen-bond donors (Lipinski definition) is 0. The Morgan fingerprint density at radius 3 is 2.57 bits per heavy atom. The molecule has 2 aromatic heterocycles. The van der Waals surface area contributed by atoms with Gasteiger partial charge in [-0.15, -0.1) is 0 Å². The number of hydrogen-bond acceptors (Lipinski definition) is 3. The number of anilines is 1. The number of benzene rings is 1. The Balaban J connectivity index is 1.71. The standard InChI is InChI=1S/C22H23ClN4O/c1-2-3-4-5-19-15-26(18-10-12-24-13-11-18)22(28)21-14-20(25-27(19)21)16-6-8-17(23)9-7-16/h6-14,19H,2-5,15H2,1H3. The highest BCUT2D eigenvalue weighted by molar-refractivity contribution is 6.30. The molecule has 0 saturated heterocycles. The summed E-state index contributed by atoms with van der Waals surface area (Å²) < 4.78 is 1.93. The van der Waals surface area contributed by atoms with E-state index in [-0.39, 0.29) is 11.9 Å². The molecule has 5 nitrogen and oxygen atoms in total. The molecule has 28 heavy (non-hydrogen) atoms. The normalized spacial score (nSPS) is 16.3. The van der Waals surface area contributed by atoms with Crippen molar-refractivity contribution in [3.63, 3.8) is 0 Å². The molecular weight excluding hydrogens is 372 g/mol. The maximum Gasteiger partial charge on any atom is 0.276 e. The molecule has 0 aliphatic carbocycles. The molecule has 1 aliphatic heterocycles. The van der Waals surface area contributed by atoms with Crippen LogP contribution in [0.4, 0.5) is 5.69 Å². The fourth-order valence-electron chi connectivity index (χ4n) is 3.69. The Labute approximate surface area is 170 Å². The van der Waals surface area contributed by atoms with E-state index in [2.05, 4.69) is 11.9 Å². The van der Waals surface area contributed by atoms with Crippen LogP contribution in [0.25, 0.3) is 11.3 Å². The summed E-state index contributed by atoms with van der Waals surface area (Å²) in [5, 5.41) is 5.49. The molecule has 0 radical (unpaired) electrons. The molecule has 3 heterocycles. The maximum atomic E-state index is 13.2. The number of carbonyl (C=O) groups excluding carboxylic acids is 1. The summed E-state index contributed by atoms with van der Waals surface area (Å²) in [6, 6.07) is 13.4. The molecule has 0 saturated carbocycles. The lowest BCUT2D eigenvalue weighted by molar-refractivity contribution is 0.0948. The lowest BCUT2D eigenvalue weighted by atomic mass is 10.0. The summed E-state index contributed by atoms with van der Waals surface area (Å²) >= 11 is 6.01. The zero-order valence-electron chi connectivity index (χ0n) is 15.9. The summed E-state index contributed by atoms with van der Waals surface area (Å²) in [5.41, 5.74) is 3.27. The van der Waals surface area contributed by atoms with Crippen molar-refractivity contribution in [1.82, 2.24) is 14.8 Å². The number of pyridine rings is 1. The highest BCUT2D eigenvalue weighted by Crippen LogP contribution is 2.32. The van der Waals surface area contributed by atoms with Crippen molar-refractivity contribution >= 4 is 23.2 Å². The Bertz CT molecular complexity index is 952. The van der Waals surface area contributed by atoms with Gasteiger partial charge in [0.15, 0.2) is 0 Å². The van der Waals surface area contributed by atoms with Crippen molar-refractivity contribution in [1.29, 1.82) is 0 Å². The monoisotopic (exact) mass is 394 g/mol. The topological polar surface area (TPSA) is 51.0 Å². The van der Waals surface area contributed by atoms with E-state index < -0.39 is 0 Å². The molecule has 1 amide bonds. The number of unbranched alkanes of at least 4 members (excludes halogenated alkanes) is 2. The number of aromatic nitrogens is 3. The lowest BCUT2D eigenvalue weighted by Crippen LogP contribution is -2.43. The van der Waals surface area contributed by atoms with Gasteiger partial charge in [0.05, 0.1) is 11.7 Å². The van der Waals surface area contributed by atoms with Gasteiger partial charge in [0, 0.05) is 35.2 Å². The van der Waals surface area contributed by atoms with Crippen molar-refractivity contribution in [3.8, 4) is 11.3 Å². The fourth-order valence-corrected chi connectivity index (χ4v) is 3.82. The average Bonchev–Trinajstić information content (AvgIpc) is 3.17. The van der Waals surface area contributed by atoms with E-state index in [0.29, 0.717) is 17.3 Å². The van der Waals surface area contributed by atoms with Gasteiger partial charge >= 0.3 is 0 Å². The fraction of sp³-hybridized carbons (Fsp3) is 0.318. The molecule has 3 aromatic rings. The van der Waals surface area contributed by atoms with Crippen LogP contribution in [0.15, 0.2) is 54.9 Å². The van der Waals surface area contributed by atoms with E-state index in [1.54, 1.807) is 12.4 Å². The van der Waals surface area contributed by atoms with E-state index in [1.807, 2.05) is 52.0 Å². The van der Waals surface area contributed by atoms with Crippen LogP contribution in [0.2, 0.25) is 5.02 Å². The van der Waals surface area contributed by atoms with Crippen LogP contribution in [-0.2, 0) is 0 Å². The van der Waals surface area contributed by atoms with E-state index in [9.17, 15) is 4.79 Å². The van der Waals surface area contributed by atoms with Gasteiger partial charge in [0.2, 0.25) is 0 Å². The number of fused-ring (bicyclic) bond motifs is 1. The molecule has 0 bridgehead atoms. The molecule has 0 fully saturated rings. The zero-order chi connectivity index (χ0) is 19.5. The minimum absolute atomic E-state index is 0.0225. The van der Waals surface area contributed by atoms with Gasteiger partial charge in [-0.2, -0.15) is 5.10 Å². The summed E-state index contributed by atoms with van der Waals surface area (Å²) in [7, 11) is 0. The molecule has 1 unspecified atom stereocenters. The van der Waals surface area contributed by atoms with Crippen molar-refractivity contribution in [2.75, 3.05) is 11.4 Å². The third-order valence-corrected chi connectivity index (χ3v) is 5.45. The van der Waals surface area contributed by atoms with Crippen LogP contribution >= 0.6 is 11.6 Å². The van der Waals surface area contributed by atoms with Crippen LogP contribution in [0, 0.1) is 0 Å². The number of nitrogens with zero attached hydrogens (tertiary/aromatic N) is 4. The summed E-state index contributed by atoms with van der Waals surface area (Å²) in [6.45, 7) is 2.83. The van der Waals surface area contributed by atoms with E-state index in [0.717, 1.165) is 29.8 Å². The van der Waals surface area contributed by atoms with E-state index in [4.69, 9.17) is 16.7 Å². The Morgan fingerprint density at radius 1 is 1.11 bits per heavy atom. The van der Waals surface area contributed by atoms with Crippen LogP contribution in [0.1, 0.15) is 49.1 Å². The van der Waals surface area contributed by atoms with Gasteiger partial charge in [-0.05, 0) is 36.8 Å². The summed E-state index contributed by atoms with van der Waals surface area (Å²) in [5.74, 6) is -0.0225. The van der Waals surface area contributed by atoms with Crippen LogP contribution in [-0.4, -0.2) is 27.2 Å². The smallest absolute Gasteiger partial charge is 0.276 e. The second-order valence-electron chi connectivity index (χ2n) is 7.14. The first-order valence-corrected chi connectivity index (χ1v) is 10.1. The second kappa shape index (κ2) is 8.15. The first-order valence-electron chi connectivity index (χ1n) is 9.74. The van der Waals surface area contributed by atoms with Crippen molar-refractivity contribution in [2.45, 2.75) is 38.6 Å². The zero-order valence-corrected chi connectivity index (χ0v) is 16.6. The van der Waals surface area contributed by atoms with Crippen molar-refractivity contribution in [3.05, 3.63) is 65.6 Å². The molecule has 144 valence electrons. The van der Waals surface area contributed by atoms with E-state index >= 15 is 0 Å². The molecule has 1 aromatic carbocycles. The molecule has 0 spiro atoms. The number of amides is 1. The highest BCUT2D eigenvalue weighted by atomic mass is 35.5. The molecular formula is C22H23ClN4O. The maximum absolute atomic E-state index is 13.2. The quantitative estimate of drug-likeness (QED) is 0.527. The lowest BCUT2D eigenvalue weighted by Gasteiger charge is -2.33. The van der Waals surface area contributed by atoms with Gasteiger partial charge in [0.1, 0.15) is 5.69 Å². The molecule has 6 heteroatoms. The van der Waals surface area contributed by atoms with Crippen molar-refractivity contribution < 1.29 is 4.79 Å². The number of halogens is 1. The third kappa shape index (κ3) is 3.67. The minimum atomic E-state index is -0.0225. The molecule has 1 atom stereocenters. The Hall–Kier alpha value is -2.66. The average molecular weight is 395 g/mol. The SMILES string of the molecule is CCCCCC1CN(c2ccncc2)C(=O)c2cc(-c3ccc(Cl)cc3)nn21. The van der Waals surface area contributed by atoms with Gasteiger partial charge < -0.3 is 4.90 Å². The molecule has 4 rings (SSSR count). The largest absolute Gasteiger partial charge is 0.305 e.